The zero-order valence-corrected chi connectivity index (χ0v) is 16.6. The molecule has 1 aliphatic rings. The predicted molar refractivity (Wildman–Crippen MR) is 108 cm³/mol. The maximum absolute atomic E-state index is 12.9. The van der Waals surface area contributed by atoms with Gasteiger partial charge in [-0.05, 0) is 29.8 Å². The molecule has 0 radical (unpaired) electrons. The third kappa shape index (κ3) is 3.81. The molecule has 1 aromatic heterocycles. The SMILES string of the molecule is COC(=O)[C@@H](c1ccccc1Cl)N1CCN(C(=O)c2ccc3n[nH]nc3c2)CC1. The Morgan fingerprint density at radius 3 is 2.52 bits per heavy atom. The second-order valence-corrected chi connectivity index (χ2v) is 7.21. The van der Waals surface area contributed by atoms with Gasteiger partial charge in [0.1, 0.15) is 17.1 Å². The monoisotopic (exact) mass is 413 g/mol. The van der Waals surface area contributed by atoms with Crippen LogP contribution in [0.3, 0.4) is 0 Å². The Balaban J connectivity index is 1.49. The number of fused-ring (bicyclic) bond motifs is 1. The lowest BCUT2D eigenvalue weighted by Crippen LogP contribution is -2.51. The number of H-pyrrole nitrogens is 1. The molecule has 1 fully saturated rings. The lowest BCUT2D eigenvalue weighted by Gasteiger charge is -2.38. The van der Waals surface area contributed by atoms with Crippen LogP contribution in [0, 0.1) is 0 Å². The molecule has 3 aromatic rings. The number of carbonyl (C=O) groups is 2. The first-order valence-corrected chi connectivity index (χ1v) is 9.62. The predicted octanol–water partition coefficient (Wildman–Crippen LogP) is 2.28. The standard InChI is InChI=1S/C20H20ClN5O3/c1-29-20(28)18(14-4-2-3-5-15(14)21)25-8-10-26(11-9-25)19(27)13-6-7-16-17(12-13)23-24-22-16/h2-7,12,18H,8-11H2,1H3,(H,22,23,24)/t18-/m1/s1. The Bertz CT molecular complexity index is 1050. The molecular weight excluding hydrogens is 394 g/mol. The summed E-state index contributed by atoms with van der Waals surface area (Å²) in [6, 6.07) is 11.9. The van der Waals surface area contributed by atoms with Crippen LogP contribution in [0.4, 0.5) is 0 Å². The van der Waals surface area contributed by atoms with E-state index in [9.17, 15) is 9.59 Å². The van der Waals surface area contributed by atoms with Gasteiger partial charge in [-0.1, -0.05) is 29.8 Å². The van der Waals surface area contributed by atoms with Gasteiger partial charge in [-0.2, -0.15) is 15.4 Å². The second kappa shape index (κ2) is 8.18. The average molecular weight is 414 g/mol. The number of amides is 1. The Hall–Kier alpha value is -2.97. The third-order valence-corrected chi connectivity index (χ3v) is 5.50. The number of nitrogens with zero attached hydrogens (tertiary/aromatic N) is 4. The van der Waals surface area contributed by atoms with Crippen molar-refractivity contribution in [2.75, 3.05) is 33.3 Å². The molecule has 2 heterocycles. The number of halogens is 1. The number of aromatic amines is 1. The van der Waals surface area contributed by atoms with Gasteiger partial charge in [-0.3, -0.25) is 9.69 Å². The van der Waals surface area contributed by atoms with Gasteiger partial charge in [0.25, 0.3) is 5.91 Å². The van der Waals surface area contributed by atoms with Gasteiger partial charge in [0.05, 0.1) is 7.11 Å². The number of nitrogens with one attached hydrogen (secondary N) is 1. The fourth-order valence-corrected chi connectivity index (χ4v) is 3.86. The van der Waals surface area contributed by atoms with Crippen LogP contribution >= 0.6 is 11.6 Å². The van der Waals surface area contributed by atoms with E-state index in [0.29, 0.717) is 53.4 Å². The Labute approximate surface area is 172 Å². The number of hydrogen-bond acceptors (Lipinski definition) is 6. The second-order valence-electron chi connectivity index (χ2n) is 6.80. The van der Waals surface area contributed by atoms with Crippen molar-refractivity contribution in [3.8, 4) is 0 Å². The molecular formula is C20H20ClN5O3. The van der Waals surface area contributed by atoms with Crippen molar-refractivity contribution >= 4 is 34.5 Å². The highest BCUT2D eigenvalue weighted by Crippen LogP contribution is 2.29. The molecule has 2 aromatic carbocycles. The topological polar surface area (TPSA) is 91.4 Å². The summed E-state index contributed by atoms with van der Waals surface area (Å²) < 4.78 is 5.02. The van der Waals surface area contributed by atoms with Crippen molar-refractivity contribution in [2.45, 2.75) is 6.04 Å². The van der Waals surface area contributed by atoms with E-state index in [-0.39, 0.29) is 11.9 Å². The Morgan fingerprint density at radius 1 is 1.07 bits per heavy atom. The highest BCUT2D eigenvalue weighted by Gasteiger charge is 2.33. The Kier molecular flexibility index (Phi) is 5.46. The molecule has 1 amide bonds. The minimum absolute atomic E-state index is 0.0677. The molecule has 150 valence electrons. The van der Waals surface area contributed by atoms with Crippen molar-refractivity contribution in [2.24, 2.45) is 0 Å². The van der Waals surface area contributed by atoms with Crippen LogP contribution < -0.4 is 0 Å². The van der Waals surface area contributed by atoms with E-state index in [0.717, 1.165) is 0 Å². The fourth-order valence-electron chi connectivity index (χ4n) is 3.62. The summed E-state index contributed by atoms with van der Waals surface area (Å²) >= 11 is 6.32. The number of hydrogen-bond donors (Lipinski definition) is 1. The van der Waals surface area contributed by atoms with E-state index < -0.39 is 6.04 Å². The molecule has 8 nitrogen and oxygen atoms in total. The number of ether oxygens (including phenoxy) is 1. The summed E-state index contributed by atoms with van der Waals surface area (Å²) in [6.45, 7) is 2.05. The lowest BCUT2D eigenvalue weighted by molar-refractivity contribution is -0.148. The number of aromatic nitrogens is 3. The smallest absolute Gasteiger partial charge is 0.327 e. The van der Waals surface area contributed by atoms with Gasteiger partial charge in [-0.25, -0.2) is 4.79 Å². The zero-order chi connectivity index (χ0) is 20.4. The van der Waals surface area contributed by atoms with E-state index in [2.05, 4.69) is 15.4 Å². The van der Waals surface area contributed by atoms with E-state index in [4.69, 9.17) is 16.3 Å². The van der Waals surface area contributed by atoms with Gasteiger partial charge < -0.3 is 9.64 Å². The quantitative estimate of drug-likeness (QED) is 0.660. The molecule has 0 bridgehead atoms. The minimum Gasteiger partial charge on any atom is -0.468 e. The third-order valence-electron chi connectivity index (χ3n) is 5.15. The highest BCUT2D eigenvalue weighted by molar-refractivity contribution is 6.31. The largest absolute Gasteiger partial charge is 0.468 e. The molecule has 4 rings (SSSR count). The summed E-state index contributed by atoms with van der Waals surface area (Å²) in [5, 5.41) is 11.1. The number of benzene rings is 2. The first-order chi connectivity index (χ1) is 14.1. The summed E-state index contributed by atoms with van der Waals surface area (Å²) in [5.41, 5.74) is 2.64. The van der Waals surface area contributed by atoms with Crippen LogP contribution in [-0.4, -0.2) is 70.4 Å². The lowest BCUT2D eigenvalue weighted by atomic mass is 10.0. The maximum Gasteiger partial charge on any atom is 0.327 e. The zero-order valence-electron chi connectivity index (χ0n) is 15.8. The van der Waals surface area contributed by atoms with E-state index in [1.54, 1.807) is 29.2 Å². The maximum atomic E-state index is 12.9. The normalized spacial score (nSPS) is 16.0. The number of piperazine rings is 1. The van der Waals surface area contributed by atoms with Crippen LogP contribution in [-0.2, 0) is 9.53 Å². The molecule has 0 unspecified atom stereocenters. The van der Waals surface area contributed by atoms with Crippen LogP contribution in [0.25, 0.3) is 11.0 Å². The molecule has 1 atom stereocenters. The van der Waals surface area contributed by atoms with Gasteiger partial charge in [-0.15, -0.1) is 0 Å². The van der Waals surface area contributed by atoms with Gasteiger partial charge >= 0.3 is 5.97 Å². The molecule has 1 saturated heterocycles. The number of esters is 1. The van der Waals surface area contributed by atoms with Gasteiger partial charge in [0.2, 0.25) is 0 Å². The van der Waals surface area contributed by atoms with Crippen LogP contribution in [0.15, 0.2) is 42.5 Å². The molecule has 29 heavy (non-hydrogen) atoms. The van der Waals surface area contributed by atoms with Crippen molar-refractivity contribution < 1.29 is 14.3 Å². The van der Waals surface area contributed by atoms with Crippen LogP contribution in [0.5, 0.6) is 0 Å². The molecule has 9 heteroatoms. The van der Waals surface area contributed by atoms with E-state index >= 15 is 0 Å². The van der Waals surface area contributed by atoms with Crippen LogP contribution in [0.2, 0.25) is 5.02 Å². The van der Waals surface area contributed by atoms with E-state index in [1.165, 1.54) is 7.11 Å². The molecule has 0 aliphatic carbocycles. The summed E-state index contributed by atoms with van der Waals surface area (Å²) in [7, 11) is 1.37. The summed E-state index contributed by atoms with van der Waals surface area (Å²) in [6.07, 6.45) is 0. The highest BCUT2D eigenvalue weighted by atomic mass is 35.5. The minimum atomic E-state index is -0.600. The number of rotatable bonds is 4. The first-order valence-electron chi connectivity index (χ1n) is 9.24. The van der Waals surface area contributed by atoms with E-state index in [1.807, 2.05) is 23.1 Å². The molecule has 1 N–H and O–H groups in total. The molecule has 0 saturated carbocycles. The van der Waals surface area contributed by atoms with Gasteiger partial charge in [0, 0.05) is 36.8 Å². The van der Waals surface area contributed by atoms with Crippen molar-refractivity contribution in [3.63, 3.8) is 0 Å². The average Bonchev–Trinajstić information content (AvgIpc) is 3.23. The van der Waals surface area contributed by atoms with Crippen molar-refractivity contribution in [3.05, 3.63) is 58.6 Å². The number of carbonyl (C=O) groups excluding carboxylic acids is 2. The Morgan fingerprint density at radius 2 is 1.79 bits per heavy atom. The number of methoxy groups -OCH3 is 1. The fraction of sp³-hybridized carbons (Fsp3) is 0.300. The molecule has 1 aliphatic heterocycles. The van der Waals surface area contributed by atoms with Crippen molar-refractivity contribution in [1.82, 2.24) is 25.2 Å². The first kappa shape index (κ1) is 19.4. The van der Waals surface area contributed by atoms with Crippen molar-refractivity contribution in [1.29, 1.82) is 0 Å². The molecule has 0 spiro atoms. The van der Waals surface area contributed by atoms with Gasteiger partial charge in [0.15, 0.2) is 0 Å². The van der Waals surface area contributed by atoms with Crippen LogP contribution in [0.1, 0.15) is 22.0 Å². The summed E-state index contributed by atoms with van der Waals surface area (Å²) in [4.78, 5) is 29.1. The summed E-state index contributed by atoms with van der Waals surface area (Å²) in [5.74, 6) is -0.434.